The maximum Gasteiger partial charge on any atom is 0.260 e. The van der Waals surface area contributed by atoms with Crippen LogP contribution in [0.1, 0.15) is 46.5 Å². The van der Waals surface area contributed by atoms with Gasteiger partial charge in [-0.25, -0.2) is 8.78 Å². The molecular weight excluding hydrogens is 328 g/mol. The smallest absolute Gasteiger partial charge is 0.260 e. The average Bonchev–Trinajstić information content (AvgIpc) is 3.10. The molecule has 0 bridgehead atoms. The summed E-state index contributed by atoms with van der Waals surface area (Å²) in [5.74, 6) is -2.02. The molecule has 128 valence electrons. The van der Waals surface area contributed by atoms with Crippen molar-refractivity contribution in [2.75, 3.05) is 6.54 Å². The lowest BCUT2D eigenvalue weighted by atomic mass is 9.96. The second-order valence-electron chi connectivity index (χ2n) is 6.32. The fourth-order valence-corrected chi connectivity index (χ4v) is 4.05. The normalized spacial score (nSPS) is 18.0. The van der Waals surface area contributed by atoms with Gasteiger partial charge in [-0.1, -0.05) is 12.1 Å². The summed E-state index contributed by atoms with van der Waals surface area (Å²) >= 11 is 1.70. The highest BCUT2D eigenvalue weighted by Gasteiger charge is 2.31. The summed E-state index contributed by atoms with van der Waals surface area (Å²) in [5.41, 5.74) is -0.107. The summed E-state index contributed by atoms with van der Waals surface area (Å²) in [4.78, 5) is 15.8. The predicted octanol–water partition coefficient (Wildman–Crippen LogP) is 4.96. The Bertz CT molecular complexity index is 714. The predicted molar refractivity (Wildman–Crippen MR) is 92.4 cm³/mol. The topological polar surface area (TPSA) is 20.3 Å². The number of aryl methyl sites for hydroxylation is 2. The Morgan fingerprint density at radius 1 is 1.29 bits per heavy atom. The Morgan fingerprint density at radius 2 is 2.12 bits per heavy atom. The second kappa shape index (κ2) is 7.43. The Morgan fingerprint density at radius 3 is 2.88 bits per heavy atom. The first-order valence-corrected chi connectivity index (χ1v) is 9.24. The van der Waals surface area contributed by atoms with E-state index in [0.717, 1.165) is 32.1 Å². The van der Waals surface area contributed by atoms with Crippen LogP contribution in [0.25, 0.3) is 0 Å². The van der Waals surface area contributed by atoms with E-state index in [9.17, 15) is 13.6 Å². The molecule has 2 heterocycles. The van der Waals surface area contributed by atoms with Crippen molar-refractivity contribution in [1.82, 2.24) is 4.90 Å². The van der Waals surface area contributed by atoms with Crippen LogP contribution >= 0.6 is 11.3 Å². The third-order valence-corrected chi connectivity index (χ3v) is 5.63. The molecule has 1 amide bonds. The largest absolute Gasteiger partial charge is 0.335 e. The minimum atomic E-state index is -0.773. The number of nitrogens with zero attached hydrogens (tertiary/aromatic N) is 1. The van der Waals surface area contributed by atoms with E-state index < -0.39 is 23.1 Å². The molecule has 1 atom stereocenters. The minimum Gasteiger partial charge on any atom is -0.335 e. The van der Waals surface area contributed by atoms with Crippen LogP contribution in [0.2, 0.25) is 0 Å². The molecule has 0 spiro atoms. The highest BCUT2D eigenvalue weighted by molar-refractivity contribution is 7.09. The molecule has 2 aromatic rings. The van der Waals surface area contributed by atoms with Gasteiger partial charge in [-0.15, -0.1) is 11.3 Å². The lowest BCUT2D eigenvalue weighted by Crippen LogP contribution is -2.44. The molecule has 24 heavy (non-hydrogen) atoms. The van der Waals surface area contributed by atoms with Crippen molar-refractivity contribution in [1.29, 1.82) is 0 Å². The van der Waals surface area contributed by atoms with Crippen LogP contribution in [0.15, 0.2) is 29.6 Å². The molecule has 1 aromatic heterocycles. The number of carbonyl (C=O) groups is 1. The number of halogens is 2. The van der Waals surface area contributed by atoms with E-state index in [1.54, 1.807) is 23.2 Å². The molecule has 0 saturated carbocycles. The quantitative estimate of drug-likeness (QED) is 0.764. The standard InChI is InChI=1S/C19H21F2NOS/c1-13-7-10-16(20)17(18(13)21)19(23)22-11-3-2-5-14(22)8-9-15-6-4-12-24-15/h4,6-7,10,12,14H,2-3,5,8-9,11H2,1H3. The SMILES string of the molecule is Cc1ccc(F)c(C(=O)N2CCCCC2CCc2cccs2)c1F. The number of hydrogen-bond acceptors (Lipinski definition) is 2. The highest BCUT2D eigenvalue weighted by atomic mass is 32.1. The number of rotatable bonds is 4. The lowest BCUT2D eigenvalue weighted by Gasteiger charge is -2.36. The van der Waals surface area contributed by atoms with E-state index in [1.807, 2.05) is 11.4 Å². The maximum atomic E-state index is 14.3. The van der Waals surface area contributed by atoms with Crippen molar-refractivity contribution in [3.63, 3.8) is 0 Å². The summed E-state index contributed by atoms with van der Waals surface area (Å²) in [6, 6.07) is 6.69. The molecule has 0 N–H and O–H groups in total. The first-order chi connectivity index (χ1) is 11.6. The van der Waals surface area contributed by atoms with Crippen molar-refractivity contribution in [2.45, 2.75) is 45.1 Å². The zero-order valence-corrected chi connectivity index (χ0v) is 14.5. The van der Waals surface area contributed by atoms with Crippen LogP contribution in [0.3, 0.4) is 0 Å². The summed E-state index contributed by atoms with van der Waals surface area (Å²) in [5, 5.41) is 2.04. The van der Waals surface area contributed by atoms with Crippen LogP contribution in [0, 0.1) is 18.6 Å². The molecule has 5 heteroatoms. The van der Waals surface area contributed by atoms with Crippen molar-refractivity contribution >= 4 is 17.2 Å². The van der Waals surface area contributed by atoms with E-state index in [-0.39, 0.29) is 6.04 Å². The van der Waals surface area contributed by atoms with E-state index in [1.165, 1.54) is 17.0 Å². The zero-order chi connectivity index (χ0) is 17.1. The van der Waals surface area contributed by atoms with Gasteiger partial charge in [-0.2, -0.15) is 0 Å². The van der Waals surface area contributed by atoms with Crippen molar-refractivity contribution in [2.24, 2.45) is 0 Å². The average molecular weight is 349 g/mol. The van der Waals surface area contributed by atoms with Crippen LogP contribution in [-0.4, -0.2) is 23.4 Å². The lowest BCUT2D eigenvalue weighted by molar-refractivity contribution is 0.0592. The molecule has 1 aliphatic rings. The van der Waals surface area contributed by atoms with Gasteiger partial charge in [0.05, 0.1) is 0 Å². The van der Waals surface area contributed by atoms with Crippen molar-refractivity contribution in [3.8, 4) is 0 Å². The van der Waals surface area contributed by atoms with Crippen LogP contribution < -0.4 is 0 Å². The monoisotopic (exact) mass is 349 g/mol. The second-order valence-corrected chi connectivity index (χ2v) is 7.35. The minimum absolute atomic E-state index is 0.0488. The number of thiophene rings is 1. The summed E-state index contributed by atoms with van der Waals surface area (Å²) in [6.45, 7) is 2.12. The summed E-state index contributed by atoms with van der Waals surface area (Å²) in [6.07, 6.45) is 4.56. The highest BCUT2D eigenvalue weighted by Crippen LogP contribution is 2.26. The summed E-state index contributed by atoms with van der Waals surface area (Å²) in [7, 11) is 0. The first kappa shape index (κ1) is 17.1. The number of amides is 1. The van der Waals surface area contributed by atoms with Crippen molar-refractivity contribution < 1.29 is 13.6 Å². The first-order valence-electron chi connectivity index (χ1n) is 8.36. The van der Waals surface area contributed by atoms with Crippen LogP contribution in [-0.2, 0) is 6.42 Å². The molecule has 0 aliphatic carbocycles. The van der Waals surface area contributed by atoms with Gasteiger partial charge >= 0.3 is 0 Å². The molecule has 1 saturated heterocycles. The van der Waals surface area contributed by atoms with E-state index in [2.05, 4.69) is 6.07 Å². The third kappa shape index (κ3) is 3.51. The van der Waals surface area contributed by atoms with Gasteiger partial charge in [0, 0.05) is 17.5 Å². The third-order valence-electron chi connectivity index (χ3n) is 4.69. The summed E-state index contributed by atoms with van der Waals surface area (Å²) < 4.78 is 28.4. The van der Waals surface area contributed by atoms with Gasteiger partial charge in [-0.05, 0) is 62.1 Å². The van der Waals surface area contributed by atoms with Crippen LogP contribution in [0.5, 0.6) is 0 Å². The Balaban J connectivity index is 1.80. The zero-order valence-electron chi connectivity index (χ0n) is 13.7. The van der Waals surface area contributed by atoms with E-state index in [4.69, 9.17) is 0 Å². The molecule has 1 aliphatic heterocycles. The molecule has 1 fully saturated rings. The Hall–Kier alpha value is -1.75. The Labute approximate surface area is 145 Å². The Kier molecular flexibility index (Phi) is 5.29. The van der Waals surface area contributed by atoms with Crippen LogP contribution in [0.4, 0.5) is 8.78 Å². The van der Waals surface area contributed by atoms with Gasteiger partial charge in [0.25, 0.3) is 5.91 Å². The van der Waals surface area contributed by atoms with Gasteiger partial charge in [0.15, 0.2) is 0 Å². The molecule has 1 unspecified atom stereocenters. The van der Waals surface area contributed by atoms with E-state index >= 15 is 0 Å². The maximum absolute atomic E-state index is 14.3. The van der Waals surface area contributed by atoms with Crippen molar-refractivity contribution in [3.05, 3.63) is 57.3 Å². The number of piperidine rings is 1. The molecular formula is C19H21F2NOS. The molecule has 2 nitrogen and oxygen atoms in total. The molecule has 3 rings (SSSR count). The number of benzene rings is 1. The molecule has 1 aromatic carbocycles. The fraction of sp³-hybridized carbons (Fsp3) is 0.421. The van der Waals surface area contributed by atoms with Gasteiger partial charge in [0.1, 0.15) is 17.2 Å². The van der Waals surface area contributed by atoms with Gasteiger partial charge in [-0.3, -0.25) is 4.79 Å². The molecule has 0 radical (unpaired) electrons. The van der Waals surface area contributed by atoms with Gasteiger partial charge < -0.3 is 4.90 Å². The fourth-order valence-electron chi connectivity index (χ4n) is 3.33. The number of hydrogen-bond donors (Lipinski definition) is 0. The van der Waals surface area contributed by atoms with Gasteiger partial charge in [0.2, 0.25) is 0 Å². The number of carbonyl (C=O) groups excluding carboxylic acids is 1. The number of likely N-dealkylation sites (tertiary alicyclic amines) is 1. The van der Waals surface area contributed by atoms with E-state index in [0.29, 0.717) is 12.1 Å².